The molecule has 0 fully saturated rings. The monoisotopic (exact) mass is 385 g/mol. The van der Waals surface area contributed by atoms with Gasteiger partial charge in [-0.25, -0.2) is 5.43 Å². The highest BCUT2D eigenvalue weighted by atomic mass is 16.6. The van der Waals surface area contributed by atoms with Crippen molar-refractivity contribution >= 4 is 29.2 Å². The van der Waals surface area contributed by atoms with Gasteiger partial charge in [0.15, 0.2) is 0 Å². The molecule has 0 saturated heterocycles. The van der Waals surface area contributed by atoms with Crippen molar-refractivity contribution in [3.05, 3.63) is 73.8 Å². The summed E-state index contributed by atoms with van der Waals surface area (Å²) in [5, 5.41) is 25.7. The molecule has 10 nitrogen and oxygen atoms in total. The third-order valence-electron chi connectivity index (χ3n) is 4.01. The van der Waals surface area contributed by atoms with Gasteiger partial charge in [0.25, 0.3) is 17.3 Å². The Morgan fingerprint density at radius 3 is 2.32 bits per heavy atom. The second-order valence-corrected chi connectivity index (χ2v) is 5.68. The van der Waals surface area contributed by atoms with Crippen molar-refractivity contribution in [3.63, 3.8) is 0 Å². The summed E-state index contributed by atoms with van der Waals surface area (Å²) >= 11 is 0. The lowest BCUT2D eigenvalue weighted by Crippen LogP contribution is -2.23. The molecule has 0 atom stereocenters. The first-order valence-electron chi connectivity index (χ1n) is 8.48. The SMILES string of the molecule is CCN(CC)c1ccc([N+](=O)[O-])cc1/C=N/NC(=O)c1cccc([N+](=O)[O-])c1. The first-order valence-corrected chi connectivity index (χ1v) is 8.48. The molecule has 0 aliphatic heterocycles. The van der Waals surface area contributed by atoms with Gasteiger partial charge < -0.3 is 4.90 Å². The standard InChI is InChI=1S/C18H19N5O5/c1-3-21(4-2)17-9-8-16(23(27)28)11-14(17)12-19-20-18(24)13-6-5-7-15(10-13)22(25)26/h5-12H,3-4H2,1-2H3,(H,20,24)/b19-12+. The molecule has 0 bridgehead atoms. The topological polar surface area (TPSA) is 131 Å². The number of nitrogens with one attached hydrogen (secondary N) is 1. The zero-order valence-electron chi connectivity index (χ0n) is 15.4. The van der Waals surface area contributed by atoms with Gasteiger partial charge in [0.1, 0.15) is 0 Å². The van der Waals surface area contributed by atoms with Crippen LogP contribution in [0.4, 0.5) is 17.1 Å². The lowest BCUT2D eigenvalue weighted by atomic mass is 10.1. The second kappa shape index (κ2) is 9.21. The van der Waals surface area contributed by atoms with Gasteiger partial charge in [-0.3, -0.25) is 25.0 Å². The van der Waals surface area contributed by atoms with E-state index in [0.29, 0.717) is 18.7 Å². The van der Waals surface area contributed by atoms with Gasteiger partial charge in [0.05, 0.1) is 16.1 Å². The molecule has 28 heavy (non-hydrogen) atoms. The Hall–Kier alpha value is -3.82. The molecule has 0 heterocycles. The maximum Gasteiger partial charge on any atom is 0.271 e. The Kier molecular flexibility index (Phi) is 6.74. The molecule has 1 amide bonds. The van der Waals surface area contributed by atoms with Crippen LogP contribution in [0.2, 0.25) is 0 Å². The number of rotatable bonds is 8. The minimum atomic E-state index is -0.630. The number of amides is 1. The summed E-state index contributed by atoms with van der Waals surface area (Å²) in [5.74, 6) is -0.630. The van der Waals surface area contributed by atoms with Crippen molar-refractivity contribution in [3.8, 4) is 0 Å². The quantitative estimate of drug-likeness (QED) is 0.422. The average molecular weight is 385 g/mol. The molecule has 10 heteroatoms. The molecule has 0 unspecified atom stereocenters. The molecule has 2 aromatic rings. The summed E-state index contributed by atoms with van der Waals surface area (Å²) in [6, 6.07) is 9.65. The summed E-state index contributed by atoms with van der Waals surface area (Å²) in [5.41, 5.74) is 3.27. The van der Waals surface area contributed by atoms with E-state index in [1.807, 2.05) is 18.7 Å². The fraction of sp³-hybridized carbons (Fsp3) is 0.222. The molecule has 0 aliphatic rings. The largest absolute Gasteiger partial charge is 0.372 e. The van der Waals surface area contributed by atoms with Crippen LogP contribution in [0.5, 0.6) is 0 Å². The highest BCUT2D eigenvalue weighted by Crippen LogP contribution is 2.24. The van der Waals surface area contributed by atoms with Crippen molar-refractivity contribution in [2.45, 2.75) is 13.8 Å². The van der Waals surface area contributed by atoms with E-state index in [9.17, 15) is 25.0 Å². The number of nitro benzene ring substituents is 2. The third-order valence-corrected chi connectivity index (χ3v) is 4.01. The van der Waals surface area contributed by atoms with Crippen molar-refractivity contribution in [2.24, 2.45) is 5.10 Å². The zero-order chi connectivity index (χ0) is 20.7. The number of non-ortho nitro benzene ring substituents is 2. The van der Waals surface area contributed by atoms with E-state index < -0.39 is 15.8 Å². The van der Waals surface area contributed by atoms with Crippen LogP contribution in [0.25, 0.3) is 0 Å². The van der Waals surface area contributed by atoms with Gasteiger partial charge in [-0.1, -0.05) is 6.07 Å². The Bertz CT molecular complexity index is 924. The molecule has 0 spiro atoms. The van der Waals surface area contributed by atoms with Crippen LogP contribution in [0.15, 0.2) is 47.6 Å². The Morgan fingerprint density at radius 2 is 1.71 bits per heavy atom. The van der Waals surface area contributed by atoms with Gasteiger partial charge in [-0.05, 0) is 26.0 Å². The van der Waals surface area contributed by atoms with Gasteiger partial charge in [0.2, 0.25) is 0 Å². The number of benzene rings is 2. The van der Waals surface area contributed by atoms with Crippen molar-refractivity contribution < 1.29 is 14.6 Å². The lowest BCUT2D eigenvalue weighted by Gasteiger charge is -2.22. The number of nitrogens with zero attached hydrogens (tertiary/aromatic N) is 4. The van der Waals surface area contributed by atoms with Crippen LogP contribution in [0, 0.1) is 20.2 Å². The van der Waals surface area contributed by atoms with E-state index in [1.54, 1.807) is 6.07 Å². The Morgan fingerprint density at radius 1 is 1.07 bits per heavy atom. The smallest absolute Gasteiger partial charge is 0.271 e. The highest BCUT2D eigenvalue weighted by Gasteiger charge is 2.14. The summed E-state index contributed by atoms with van der Waals surface area (Å²) in [4.78, 5) is 34.9. The predicted octanol–water partition coefficient (Wildman–Crippen LogP) is 3.11. The van der Waals surface area contributed by atoms with Crippen molar-refractivity contribution in [1.29, 1.82) is 0 Å². The van der Waals surface area contributed by atoms with Crippen LogP contribution in [-0.4, -0.2) is 35.1 Å². The summed E-state index contributed by atoms with van der Waals surface area (Å²) < 4.78 is 0. The summed E-state index contributed by atoms with van der Waals surface area (Å²) in [7, 11) is 0. The van der Waals surface area contributed by atoms with Crippen LogP contribution in [0.1, 0.15) is 29.8 Å². The number of anilines is 1. The molecule has 1 N–H and O–H groups in total. The number of hydrogen-bond donors (Lipinski definition) is 1. The zero-order valence-corrected chi connectivity index (χ0v) is 15.4. The van der Waals surface area contributed by atoms with Crippen LogP contribution < -0.4 is 10.3 Å². The van der Waals surface area contributed by atoms with Gasteiger partial charge in [-0.2, -0.15) is 5.10 Å². The van der Waals surface area contributed by atoms with Crippen molar-refractivity contribution in [2.75, 3.05) is 18.0 Å². The summed E-state index contributed by atoms with van der Waals surface area (Å²) in [6.07, 6.45) is 1.32. The van der Waals surface area contributed by atoms with E-state index in [4.69, 9.17) is 0 Å². The van der Waals surface area contributed by atoms with Crippen LogP contribution in [-0.2, 0) is 0 Å². The third kappa shape index (κ3) is 4.87. The molecule has 146 valence electrons. The molecule has 2 aromatic carbocycles. The minimum Gasteiger partial charge on any atom is -0.372 e. The number of carbonyl (C=O) groups is 1. The molecular weight excluding hydrogens is 366 g/mol. The van der Waals surface area contributed by atoms with E-state index in [2.05, 4.69) is 10.5 Å². The lowest BCUT2D eigenvalue weighted by molar-refractivity contribution is -0.385. The second-order valence-electron chi connectivity index (χ2n) is 5.68. The first-order chi connectivity index (χ1) is 13.4. The normalized spacial score (nSPS) is 10.6. The summed E-state index contributed by atoms with van der Waals surface area (Å²) in [6.45, 7) is 5.29. The Balaban J connectivity index is 2.25. The van der Waals surface area contributed by atoms with E-state index in [1.165, 1.54) is 36.5 Å². The van der Waals surface area contributed by atoms with Crippen LogP contribution >= 0.6 is 0 Å². The molecular formula is C18H19N5O5. The predicted molar refractivity (Wildman–Crippen MR) is 105 cm³/mol. The van der Waals surface area contributed by atoms with Gasteiger partial charge in [0, 0.05) is 54.2 Å². The van der Waals surface area contributed by atoms with E-state index in [-0.39, 0.29) is 16.9 Å². The average Bonchev–Trinajstić information content (AvgIpc) is 2.69. The number of nitro groups is 2. The van der Waals surface area contributed by atoms with E-state index >= 15 is 0 Å². The Labute approximate surface area is 160 Å². The van der Waals surface area contributed by atoms with Crippen molar-refractivity contribution in [1.82, 2.24) is 5.43 Å². The van der Waals surface area contributed by atoms with Crippen LogP contribution in [0.3, 0.4) is 0 Å². The fourth-order valence-corrected chi connectivity index (χ4v) is 2.60. The fourth-order valence-electron chi connectivity index (χ4n) is 2.60. The molecule has 0 aromatic heterocycles. The van der Waals surface area contributed by atoms with E-state index in [0.717, 1.165) is 11.8 Å². The number of hydrogen-bond acceptors (Lipinski definition) is 7. The number of hydrazone groups is 1. The van der Waals surface area contributed by atoms with Gasteiger partial charge in [-0.15, -0.1) is 0 Å². The molecule has 0 aliphatic carbocycles. The maximum atomic E-state index is 12.1. The highest BCUT2D eigenvalue weighted by molar-refractivity contribution is 5.96. The first kappa shape index (κ1) is 20.5. The number of carbonyl (C=O) groups excluding carboxylic acids is 1. The maximum absolute atomic E-state index is 12.1. The molecule has 0 radical (unpaired) electrons. The molecule has 2 rings (SSSR count). The van der Waals surface area contributed by atoms with Gasteiger partial charge >= 0.3 is 0 Å². The minimum absolute atomic E-state index is 0.0781. The molecule has 0 saturated carbocycles.